The Bertz CT molecular complexity index is 374. The average molecular weight is 567 g/mol. The number of hydrogen-bond donors (Lipinski definition) is 0. The third-order valence-corrected chi connectivity index (χ3v) is 5.20. The van der Waals surface area contributed by atoms with Crippen LogP contribution in [0.15, 0.2) is 0 Å². The Kier molecular flexibility index (Phi) is 54.2. The zero-order valence-corrected chi connectivity index (χ0v) is 27.4. The molecule has 0 aliphatic rings. The minimum absolute atomic E-state index is 0. The van der Waals surface area contributed by atoms with Gasteiger partial charge in [-0.1, -0.05) is 117 Å². The Morgan fingerprint density at radius 3 is 0.743 bits per heavy atom. The monoisotopic (exact) mass is 566 g/mol. The predicted octanol–water partition coefficient (Wildman–Crippen LogP) is 1.46. The summed E-state index contributed by atoms with van der Waals surface area (Å²) >= 11 is 0. The fourth-order valence-corrected chi connectivity index (χ4v) is 3.15. The zero-order chi connectivity index (χ0) is 25.6. The van der Waals surface area contributed by atoms with Gasteiger partial charge in [0, 0.05) is 17.9 Å². The Hall–Kier alpha value is 0.566. The molecule has 0 N–H and O–H groups in total. The summed E-state index contributed by atoms with van der Waals surface area (Å²) in [6.07, 6.45) is 20.9. The van der Waals surface area contributed by atoms with Gasteiger partial charge in [-0.15, -0.1) is 0 Å². The van der Waals surface area contributed by atoms with Crippen molar-refractivity contribution >= 4 is 17.9 Å². The molecule has 0 radical (unpaired) electrons. The second kappa shape index (κ2) is 41.7. The molecule has 0 amide bonds. The van der Waals surface area contributed by atoms with Crippen molar-refractivity contribution in [3.63, 3.8) is 0 Å². The average Bonchev–Trinajstić information content (AvgIpc) is 2.76. The van der Waals surface area contributed by atoms with Gasteiger partial charge in [-0.05, 0) is 38.5 Å². The van der Waals surface area contributed by atoms with E-state index < -0.39 is 17.9 Å². The van der Waals surface area contributed by atoms with Crippen molar-refractivity contribution in [3.8, 4) is 0 Å². The molecule has 0 spiro atoms. The van der Waals surface area contributed by atoms with Gasteiger partial charge in [0.25, 0.3) is 0 Å². The molecule has 6 nitrogen and oxygen atoms in total. The Balaban J connectivity index is -0.000000125. The number of hydrogen-bond acceptors (Lipinski definition) is 6. The maximum absolute atomic E-state index is 9.98. The first-order valence-corrected chi connectivity index (χ1v) is 13.4. The van der Waals surface area contributed by atoms with Crippen molar-refractivity contribution in [1.29, 1.82) is 0 Å². The molecule has 0 aromatic carbocycles. The summed E-state index contributed by atoms with van der Waals surface area (Å²) in [6, 6.07) is 0. The van der Waals surface area contributed by atoms with E-state index in [1.165, 1.54) is 77.0 Å². The smallest absolute Gasteiger partial charge is 0.550 e. The molecule has 0 heterocycles. The fourth-order valence-electron chi connectivity index (χ4n) is 3.15. The standard InChI is InChI=1S/3C9H18O2.Fe.K/c3*1-2-3-4-5-6-7-8-9(10)11;;/h3*2-8H2,1H3,(H,10,11);;/q;;;+2;+1/p-3. The van der Waals surface area contributed by atoms with Crippen LogP contribution in [0.5, 0.6) is 0 Å². The van der Waals surface area contributed by atoms with Crippen LogP contribution >= 0.6 is 0 Å². The maximum Gasteiger partial charge on any atom is 2.00 e. The molecule has 0 saturated heterocycles. The van der Waals surface area contributed by atoms with Crippen molar-refractivity contribution in [2.75, 3.05) is 0 Å². The summed E-state index contributed by atoms with van der Waals surface area (Å²) < 4.78 is 0. The van der Waals surface area contributed by atoms with Crippen LogP contribution in [0.2, 0.25) is 0 Å². The van der Waals surface area contributed by atoms with Crippen LogP contribution in [-0.4, -0.2) is 17.9 Å². The Morgan fingerprint density at radius 1 is 0.400 bits per heavy atom. The number of carbonyl (C=O) groups excluding carboxylic acids is 3. The quantitative estimate of drug-likeness (QED) is 0.153. The van der Waals surface area contributed by atoms with Crippen LogP contribution in [0.3, 0.4) is 0 Å². The molecular formula is C27H51FeKO6. The van der Waals surface area contributed by atoms with Crippen molar-refractivity contribution < 1.29 is 98.2 Å². The molecular weight excluding hydrogens is 515 g/mol. The van der Waals surface area contributed by atoms with Gasteiger partial charge < -0.3 is 29.7 Å². The first-order chi connectivity index (χ1) is 15.8. The number of carbonyl (C=O) groups is 3. The molecule has 8 heteroatoms. The molecule has 35 heavy (non-hydrogen) atoms. The third-order valence-electron chi connectivity index (χ3n) is 5.20. The molecule has 0 unspecified atom stereocenters. The molecule has 0 aliphatic carbocycles. The zero-order valence-electron chi connectivity index (χ0n) is 23.2. The van der Waals surface area contributed by atoms with Crippen LogP contribution < -0.4 is 66.7 Å². The minimum Gasteiger partial charge on any atom is -0.550 e. The van der Waals surface area contributed by atoms with E-state index in [1.807, 2.05) is 0 Å². The van der Waals surface area contributed by atoms with Crippen LogP contribution in [0.25, 0.3) is 0 Å². The first-order valence-electron chi connectivity index (χ1n) is 13.4. The number of carboxylic acids is 3. The predicted molar refractivity (Wildman–Crippen MR) is 129 cm³/mol. The van der Waals surface area contributed by atoms with Gasteiger partial charge in [-0.25, -0.2) is 0 Å². The van der Waals surface area contributed by atoms with Crippen LogP contribution in [0.4, 0.5) is 0 Å². The summed E-state index contributed by atoms with van der Waals surface area (Å²) in [4.78, 5) is 29.9. The molecule has 204 valence electrons. The van der Waals surface area contributed by atoms with E-state index >= 15 is 0 Å². The van der Waals surface area contributed by atoms with E-state index in [0.29, 0.717) is 0 Å². The minimum atomic E-state index is -0.916. The maximum atomic E-state index is 9.98. The second-order valence-electron chi connectivity index (χ2n) is 8.67. The molecule has 0 atom stereocenters. The van der Waals surface area contributed by atoms with Crippen LogP contribution in [0.1, 0.15) is 156 Å². The van der Waals surface area contributed by atoms with E-state index in [-0.39, 0.29) is 87.7 Å². The van der Waals surface area contributed by atoms with Crippen molar-refractivity contribution in [2.24, 2.45) is 0 Å². The van der Waals surface area contributed by atoms with Gasteiger partial charge in [-0.3, -0.25) is 0 Å². The van der Waals surface area contributed by atoms with E-state index in [0.717, 1.165) is 38.5 Å². The van der Waals surface area contributed by atoms with Gasteiger partial charge in [0.1, 0.15) is 0 Å². The normalized spacial score (nSPS) is 9.34. The molecule has 0 aromatic rings. The topological polar surface area (TPSA) is 120 Å². The van der Waals surface area contributed by atoms with E-state index in [4.69, 9.17) is 0 Å². The van der Waals surface area contributed by atoms with Gasteiger partial charge in [0.2, 0.25) is 0 Å². The van der Waals surface area contributed by atoms with Crippen LogP contribution in [-0.2, 0) is 31.5 Å². The van der Waals surface area contributed by atoms with Gasteiger partial charge >= 0.3 is 68.5 Å². The number of aliphatic carboxylic acids is 3. The fraction of sp³-hybridized carbons (Fsp3) is 0.889. The summed E-state index contributed by atoms with van der Waals surface area (Å²) in [7, 11) is 0. The Morgan fingerprint density at radius 2 is 0.571 bits per heavy atom. The van der Waals surface area contributed by atoms with Crippen molar-refractivity contribution in [3.05, 3.63) is 0 Å². The summed E-state index contributed by atoms with van der Waals surface area (Å²) in [5.74, 6) is -2.75. The van der Waals surface area contributed by atoms with E-state index in [1.54, 1.807) is 0 Å². The molecule has 0 aromatic heterocycles. The molecule has 0 aliphatic heterocycles. The molecule has 0 bridgehead atoms. The largest absolute Gasteiger partial charge is 2.00 e. The summed E-state index contributed by atoms with van der Waals surface area (Å²) in [6.45, 7) is 6.50. The van der Waals surface area contributed by atoms with Gasteiger partial charge in [-0.2, -0.15) is 0 Å². The van der Waals surface area contributed by atoms with Crippen molar-refractivity contribution in [1.82, 2.24) is 0 Å². The molecule has 0 fully saturated rings. The summed E-state index contributed by atoms with van der Waals surface area (Å²) in [5.41, 5.74) is 0. The van der Waals surface area contributed by atoms with E-state index in [9.17, 15) is 29.7 Å². The SMILES string of the molecule is CCCCCCCCC(=O)[O-].CCCCCCCCC(=O)[O-].CCCCCCCCC(=O)[O-].[Fe+2].[K+]. The number of carboxylic acid groups (broad SMARTS) is 3. The second-order valence-corrected chi connectivity index (χ2v) is 8.67. The van der Waals surface area contributed by atoms with Gasteiger partial charge in [0.15, 0.2) is 0 Å². The molecule has 0 saturated carbocycles. The Labute approximate surface area is 269 Å². The first kappa shape index (κ1) is 45.5. The van der Waals surface area contributed by atoms with Crippen molar-refractivity contribution in [2.45, 2.75) is 156 Å². The van der Waals surface area contributed by atoms with E-state index in [2.05, 4.69) is 20.8 Å². The third kappa shape index (κ3) is 60.7. The van der Waals surface area contributed by atoms with Gasteiger partial charge in [0.05, 0.1) is 0 Å². The molecule has 0 rings (SSSR count). The van der Waals surface area contributed by atoms with Crippen LogP contribution in [0, 0.1) is 0 Å². The summed E-state index contributed by atoms with van der Waals surface area (Å²) in [5, 5.41) is 29.9. The number of unbranched alkanes of at least 4 members (excludes halogenated alkanes) is 15. The number of rotatable bonds is 21.